The first-order valence-electron chi connectivity index (χ1n) is 9.05. The molecule has 0 saturated heterocycles. The lowest BCUT2D eigenvalue weighted by Gasteiger charge is -2.35. The molecule has 0 bridgehead atoms. The Morgan fingerprint density at radius 3 is 1.62 bits per heavy atom. The lowest BCUT2D eigenvalue weighted by atomic mass is 9.74. The molecule has 0 aromatic heterocycles. The number of rotatable bonds is 1. The molecule has 2 atom stereocenters. The second-order valence-electron chi connectivity index (χ2n) is 7.36. The van der Waals surface area contributed by atoms with Gasteiger partial charge in [0.25, 0.3) is 0 Å². The van der Waals surface area contributed by atoms with Crippen molar-refractivity contribution in [2.75, 3.05) is 0 Å². The molecule has 132 valence electrons. The molecule has 0 radical (unpaired) electrons. The van der Waals surface area contributed by atoms with Crippen molar-refractivity contribution in [3.8, 4) is 0 Å². The topological polar surface area (TPSA) is 0 Å². The Bertz CT molecular complexity index is 1050. The van der Waals surface area contributed by atoms with E-state index < -0.39 is 0 Å². The second kappa shape index (κ2) is 6.58. The Kier molecular flexibility index (Phi) is 4.53. The Morgan fingerprint density at radius 2 is 1.12 bits per heavy atom. The van der Waals surface area contributed by atoms with Crippen molar-refractivity contribution in [1.29, 1.82) is 0 Å². The van der Waals surface area contributed by atoms with Crippen LogP contribution in [0.3, 0.4) is 0 Å². The van der Waals surface area contributed by atoms with Crippen molar-refractivity contribution >= 4 is 50.1 Å². The fourth-order valence-corrected chi connectivity index (χ4v) is 5.61. The molecule has 26 heavy (non-hydrogen) atoms. The zero-order chi connectivity index (χ0) is 18.6. The number of halogens is 1. The summed E-state index contributed by atoms with van der Waals surface area (Å²) in [5.41, 5.74) is 7.03. The van der Waals surface area contributed by atoms with E-state index in [4.69, 9.17) is 12.6 Å². The van der Waals surface area contributed by atoms with E-state index in [0.29, 0.717) is 0 Å². The van der Waals surface area contributed by atoms with Crippen molar-refractivity contribution in [2.45, 2.75) is 38.9 Å². The first kappa shape index (κ1) is 17.9. The molecule has 4 rings (SSSR count). The number of hydrogen-bond donors (Lipinski definition) is 1. The van der Waals surface area contributed by atoms with E-state index in [2.05, 4.69) is 92.2 Å². The number of hydrogen-bond acceptors (Lipinski definition) is 1. The van der Waals surface area contributed by atoms with Crippen molar-refractivity contribution in [2.24, 2.45) is 0 Å². The molecule has 0 fully saturated rings. The van der Waals surface area contributed by atoms with Crippen LogP contribution < -0.4 is 0 Å². The molecule has 0 saturated carbocycles. The van der Waals surface area contributed by atoms with Crippen molar-refractivity contribution in [3.05, 3.63) is 80.9 Å². The third-order valence-electron chi connectivity index (χ3n) is 6.19. The molecule has 0 nitrogen and oxygen atoms in total. The van der Waals surface area contributed by atoms with Gasteiger partial charge in [0.05, 0.1) is 0 Å². The molecule has 0 aliphatic heterocycles. The minimum atomic E-state index is 0.201. The average molecular weight is 423 g/mol. The van der Waals surface area contributed by atoms with E-state index in [-0.39, 0.29) is 11.2 Å². The first-order valence-corrected chi connectivity index (χ1v) is 10.4. The fraction of sp³-hybridized carbons (Fsp3) is 0.250. The Labute approximate surface area is 169 Å². The van der Waals surface area contributed by atoms with Crippen LogP contribution in [-0.4, -0.2) is 5.25 Å². The van der Waals surface area contributed by atoms with Gasteiger partial charge in [-0.05, 0) is 81.9 Å². The monoisotopic (exact) mass is 422 g/mol. The van der Waals surface area contributed by atoms with Gasteiger partial charge in [0.2, 0.25) is 0 Å². The molecule has 3 aromatic carbocycles. The van der Waals surface area contributed by atoms with E-state index in [1.54, 1.807) is 0 Å². The van der Waals surface area contributed by atoms with E-state index in [1.165, 1.54) is 53.9 Å². The lowest BCUT2D eigenvalue weighted by Crippen LogP contribution is -2.22. The molecule has 2 unspecified atom stereocenters. The third kappa shape index (κ3) is 2.50. The van der Waals surface area contributed by atoms with Crippen LogP contribution in [0.4, 0.5) is 0 Å². The molecule has 1 aliphatic rings. The minimum Gasteiger partial charge on any atom is -0.170 e. The van der Waals surface area contributed by atoms with Gasteiger partial charge in [-0.2, -0.15) is 12.6 Å². The van der Waals surface area contributed by atoms with Crippen molar-refractivity contribution in [3.63, 3.8) is 0 Å². The highest BCUT2D eigenvalue weighted by Crippen LogP contribution is 2.48. The zero-order valence-electron chi connectivity index (χ0n) is 15.6. The van der Waals surface area contributed by atoms with Gasteiger partial charge < -0.3 is 0 Å². The largest absolute Gasteiger partial charge is 0.170 e. The molecular weight excluding hydrogens is 400 g/mol. The normalized spacial score (nSPS) is 21.2. The summed E-state index contributed by atoms with van der Waals surface area (Å²) in [5, 5.41) is 5.39. The Balaban J connectivity index is 2.16. The summed E-state index contributed by atoms with van der Waals surface area (Å²) in [6.07, 6.45) is 0. The molecule has 0 spiro atoms. The van der Waals surface area contributed by atoms with Crippen LogP contribution in [-0.2, 0) is 0 Å². The predicted molar refractivity (Wildman–Crippen MR) is 121 cm³/mol. The Hall–Kier alpha value is -1.51. The van der Waals surface area contributed by atoms with Crippen LogP contribution >= 0.6 is 28.6 Å². The predicted octanol–water partition coefficient (Wildman–Crippen LogP) is 7.82. The van der Waals surface area contributed by atoms with E-state index in [9.17, 15) is 0 Å². The quantitative estimate of drug-likeness (QED) is 0.299. The Morgan fingerprint density at radius 1 is 0.692 bits per heavy atom. The maximum atomic E-state index is 5.10. The van der Waals surface area contributed by atoms with Crippen LogP contribution in [0.15, 0.2) is 75.3 Å². The van der Waals surface area contributed by atoms with Crippen LogP contribution in [0.2, 0.25) is 0 Å². The molecule has 1 aliphatic carbocycles. The van der Waals surface area contributed by atoms with Crippen LogP contribution in [0.25, 0.3) is 21.5 Å². The maximum Gasteiger partial charge on any atom is 0.0335 e. The highest BCUT2D eigenvalue weighted by Gasteiger charge is 2.32. The van der Waals surface area contributed by atoms with Crippen molar-refractivity contribution in [1.82, 2.24) is 0 Å². The van der Waals surface area contributed by atoms with Gasteiger partial charge in [-0.3, -0.25) is 0 Å². The van der Waals surface area contributed by atoms with Gasteiger partial charge in [0.15, 0.2) is 0 Å². The third-order valence-corrected chi connectivity index (χ3v) is 7.73. The van der Waals surface area contributed by atoms with Gasteiger partial charge in [-0.1, -0.05) is 59.7 Å². The summed E-state index contributed by atoms with van der Waals surface area (Å²) >= 11 is 8.96. The lowest BCUT2D eigenvalue weighted by molar-refractivity contribution is 0.770. The first-order chi connectivity index (χ1) is 12.4. The number of thiol groups is 1. The summed E-state index contributed by atoms with van der Waals surface area (Å²) in [7, 11) is 0. The number of fused-ring (bicyclic) bond motifs is 2. The zero-order valence-corrected chi connectivity index (χ0v) is 18.1. The molecular formula is C24H23BrS. The summed E-state index contributed by atoms with van der Waals surface area (Å²) in [5.74, 6) is 0.282. The smallest absolute Gasteiger partial charge is 0.0335 e. The summed E-state index contributed by atoms with van der Waals surface area (Å²) < 4.78 is 1.18. The summed E-state index contributed by atoms with van der Waals surface area (Å²) in [6.45, 7) is 9.00. The van der Waals surface area contributed by atoms with Crippen LogP contribution in [0.1, 0.15) is 39.2 Å². The van der Waals surface area contributed by atoms with E-state index in [1.807, 2.05) is 0 Å². The molecule has 0 amide bonds. The van der Waals surface area contributed by atoms with Gasteiger partial charge in [-0.25, -0.2) is 0 Å². The number of allylic oxidation sites excluding steroid dienone is 3. The van der Waals surface area contributed by atoms with Crippen LogP contribution in [0.5, 0.6) is 0 Å². The average Bonchev–Trinajstić information content (AvgIpc) is 2.67. The molecule has 2 heteroatoms. The standard InChI is InChI=1S/C24H23BrS/c1-13-14(2)16(4)24(26)21(15(13)3)22-17-9-5-7-11-19(17)23(25)20-12-8-6-10-18(20)22/h5-12,21,24,26H,1-4H3. The molecule has 0 N–H and O–H groups in total. The van der Waals surface area contributed by atoms with E-state index in [0.717, 1.165) is 0 Å². The summed E-state index contributed by atoms with van der Waals surface area (Å²) in [6, 6.07) is 17.5. The van der Waals surface area contributed by atoms with Gasteiger partial charge >= 0.3 is 0 Å². The fourth-order valence-electron chi connectivity index (χ4n) is 4.35. The van der Waals surface area contributed by atoms with Gasteiger partial charge in [0.1, 0.15) is 0 Å². The molecule has 0 heterocycles. The molecule has 3 aromatic rings. The number of benzene rings is 3. The highest BCUT2D eigenvalue weighted by molar-refractivity contribution is 9.10. The second-order valence-corrected chi connectivity index (χ2v) is 8.71. The van der Waals surface area contributed by atoms with E-state index >= 15 is 0 Å². The summed E-state index contributed by atoms with van der Waals surface area (Å²) in [4.78, 5) is 0. The van der Waals surface area contributed by atoms with Gasteiger partial charge in [0, 0.05) is 15.6 Å². The highest BCUT2D eigenvalue weighted by atomic mass is 79.9. The SMILES string of the molecule is CC1=C(C)C(S)C(c2c3ccccc3c(Br)c3ccccc23)C(C)=C1C. The van der Waals surface area contributed by atoms with Crippen molar-refractivity contribution < 1.29 is 0 Å². The minimum absolute atomic E-state index is 0.201. The van der Waals surface area contributed by atoms with Crippen LogP contribution in [0, 0.1) is 0 Å². The maximum absolute atomic E-state index is 5.10. The van der Waals surface area contributed by atoms with Gasteiger partial charge in [-0.15, -0.1) is 0 Å².